The monoisotopic (exact) mass is 259 g/mol. The van der Waals surface area contributed by atoms with Crippen LogP contribution in [-0.2, 0) is 5.75 Å². The van der Waals surface area contributed by atoms with E-state index in [0.29, 0.717) is 10.8 Å². The van der Waals surface area contributed by atoms with Gasteiger partial charge >= 0.3 is 0 Å². The summed E-state index contributed by atoms with van der Waals surface area (Å²) in [5.74, 6) is 0.560. The summed E-state index contributed by atoms with van der Waals surface area (Å²) in [5.41, 5.74) is 2.13. The molecule has 5 nitrogen and oxygen atoms in total. The molecule has 0 fully saturated rings. The van der Waals surface area contributed by atoms with E-state index in [-0.39, 0.29) is 5.56 Å². The van der Waals surface area contributed by atoms with Crippen LogP contribution < -0.4 is 5.56 Å². The zero-order chi connectivity index (χ0) is 12.4. The average molecular weight is 259 g/mol. The Labute approximate surface area is 106 Å². The van der Waals surface area contributed by atoms with Crippen molar-refractivity contribution < 1.29 is 4.52 Å². The highest BCUT2D eigenvalue weighted by Gasteiger charge is 2.06. The van der Waals surface area contributed by atoms with E-state index in [9.17, 15) is 4.79 Å². The highest BCUT2D eigenvalue weighted by molar-refractivity contribution is 7.98. The molecule has 0 aliphatic rings. The molecule has 2 aromatic heterocycles. The lowest BCUT2D eigenvalue weighted by atomic mass is 10.3. The number of fused-ring (bicyclic) bond motifs is 1. The fourth-order valence-corrected chi connectivity index (χ4v) is 2.34. The van der Waals surface area contributed by atoms with E-state index in [1.54, 1.807) is 6.07 Å². The van der Waals surface area contributed by atoms with E-state index in [1.165, 1.54) is 18.0 Å². The van der Waals surface area contributed by atoms with E-state index in [1.807, 2.05) is 24.3 Å². The van der Waals surface area contributed by atoms with Gasteiger partial charge in [-0.25, -0.2) is 4.98 Å². The number of nitrogens with one attached hydrogen (secondary N) is 1. The highest BCUT2D eigenvalue weighted by Crippen LogP contribution is 2.18. The second kappa shape index (κ2) is 4.66. The van der Waals surface area contributed by atoms with Crippen LogP contribution in [0.2, 0.25) is 0 Å². The van der Waals surface area contributed by atoms with Crippen LogP contribution in [0.1, 0.15) is 5.69 Å². The van der Waals surface area contributed by atoms with E-state index in [4.69, 9.17) is 4.52 Å². The Kier molecular flexibility index (Phi) is 2.85. The molecule has 3 aromatic rings. The first kappa shape index (κ1) is 11.0. The third-order valence-electron chi connectivity index (χ3n) is 2.42. The lowest BCUT2D eigenvalue weighted by molar-refractivity contribution is 0.414. The van der Waals surface area contributed by atoms with Crippen molar-refractivity contribution in [1.82, 2.24) is 15.1 Å². The van der Waals surface area contributed by atoms with Gasteiger partial charge in [0.25, 0.3) is 5.56 Å². The molecule has 90 valence electrons. The first-order valence-electron chi connectivity index (χ1n) is 5.34. The first-order valence-corrected chi connectivity index (χ1v) is 6.32. The van der Waals surface area contributed by atoms with E-state index in [2.05, 4.69) is 15.1 Å². The van der Waals surface area contributed by atoms with Gasteiger partial charge in [-0.3, -0.25) is 4.79 Å². The highest BCUT2D eigenvalue weighted by atomic mass is 32.2. The fourth-order valence-electron chi connectivity index (χ4n) is 1.56. The minimum atomic E-state index is -0.179. The van der Waals surface area contributed by atoms with Gasteiger partial charge in [-0.1, -0.05) is 29.1 Å². The summed E-state index contributed by atoms with van der Waals surface area (Å²) in [6, 6.07) is 9.21. The largest absolute Gasteiger partial charge is 0.364 e. The fraction of sp³-hybridized carbons (Fsp3) is 0.0833. The third kappa shape index (κ3) is 2.14. The molecule has 18 heavy (non-hydrogen) atoms. The molecule has 3 rings (SSSR count). The van der Waals surface area contributed by atoms with Crippen molar-refractivity contribution >= 4 is 22.8 Å². The average Bonchev–Trinajstić information content (AvgIpc) is 2.89. The van der Waals surface area contributed by atoms with Crippen molar-refractivity contribution in [3.8, 4) is 0 Å². The maximum Gasteiger partial charge on any atom is 0.280 e. The summed E-state index contributed by atoms with van der Waals surface area (Å²) in [6.07, 6.45) is 1.51. The predicted octanol–water partition coefficient (Wildman–Crippen LogP) is 2.20. The van der Waals surface area contributed by atoms with Gasteiger partial charge in [0, 0.05) is 11.8 Å². The van der Waals surface area contributed by atoms with Crippen LogP contribution in [0.3, 0.4) is 0 Å². The second-order valence-corrected chi connectivity index (χ2v) is 4.63. The number of hydrogen-bond acceptors (Lipinski definition) is 5. The van der Waals surface area contributed by atoms with Crippen LogP contribution in [0.25, 0.3) is 11.0 Å². The molecule has 0 amide bonds. The Morgan fingerprint density at radius 2 is 2.17 bits per heavy atom. The molecule has 0 aliphatic carbocycles. The van der Waals surface area contributed by atoms with Crippen LogP contribution >= 0.6 is 11.8 Å². The Morgan fingerprint density at radius 1 is 1.28 bits per heavy atom. The number of benzene rings is 1. The molecule has 1 N–H and O–H groups in total. The van der Waals surface area contributed by atoms with Crippen LogP contribution in [0.4, 0.5) is 0 Å². The molecule has 0 unspecified atom stereocenters. The molecule has 6 heteroatoms. The van der Waals surface area contributed by atoms with Crippen LogP contribution in [0.5, 0.6) is 0 Å². The summed E-state index contributed by atoms with van der Waals surface area (Å²) in [4.78, 5) is 19.0. The van der Waals surface area contributed by atoms with Crippen molar-refractivity contribution in [1.29, 1.82) is 0 Å². The Bertz CT molecular complexity index is 722. The lowest BCUT2D eigenvalue weighted by Gasteiger charge is -2.00. The molecule has 0 aliphatic heterocycles. The zero-order valence-corrected chi connectivity index (χ0v) is 10.1. The van der Waals surface area contributed by atoms with Crippen molar-refractivity contribution in [2.45, 2.75) is 10.8 Å². The minimum absolute atomic E-state index is 0.179. The van der Waals surface area contributed by atoms with Gasteiger partial charge in [-0.05, 0) is 12.1 Å². The van der Waals surface area contributed by atoms with Gasteiger partial charge in [-0.2, -0.15) is 0 Å². The molecule has 0 saturated heterocycles. The Morgan fingerprint density at radius 3 is 3.00 bits per heavy atom. The molecule has 2 heterocycles. The number of nitrogens with zero attached hydrogens (tertiary/aromatic N) is 2. The minimum Gasteiger partial charge on any atom is -0.364 e. The van der Waals surface area contributed by atoms with Gasteiger partial charge in [-0.15, -0.1) is 0 Å². The number of aromatic amines is 1. The Hall–Kier alpha value is -2.08. The standard InChI is InChI=1S/C12H9N3O2S/c16-11-12(18-7-8-5-6-17-15-8)14-10-4-2-1-3-9(10)13-11/h1-6H,7H2,(H,13,16). The molecule has 0 bridgehead atoms. The van der Waals surface area contributed by atoms with Crippen molar-refractivity contribution in [3.05, 3.63) is 52.6 Å². The van der Waals surface area contributed by atoms with E-state index in [0.717, 1.165) is 16.7 Å². The number of hydrogen-bond donors (Lipinski definition) is 1. The second-order valence-electron chi connectivity index (χ2n) is 3.67. The number of thioether (sulfide) groups is 1. The third-order valence-corrected chi connectivity index (χ3v) is 3.41. The van der Waals surface area contributed by atoms with Crippen LogP contribution in [0.15, 0.2) is 50.9 Å². The molecule has 0 radical (unpaired) electrons. The first-order chi connectivity index (χ1) is 8.83. The molecule has 0 atom stereocenters. The normalized spacial score (nSPS) is 10.9. The molecular formula is C12H9N3O2S. The maximum atomic E-state index is 11.8. The van der Waals surface area contributed by atoms with E-state index >= 15 is 0 Å². The van der Waals surface area contributed by atoms with Gasteiger partial charge in [0.05, 0.1) is 16.7 Å². The molecule has 1 aromatic carbocycles. The van der Waals surface area contributed by atoms with Gasteiger partial charge < -0.3 is 9.51 Å². The SMILES string of the molecule is O=c1[nH]c2ccccc2nc1SCc1ccon1. The molecule has 0 spiro atoms. The van der Waals surface area contributed by atoms with Crippen molar-refractivity contribution in [2.75, 3.05) is 0 Å². The van der Waals surface area contributed by atoms with Crippen molar-refractivity contribution in [2.24, 2.45) is 0 Å². The Balaban J connectivity index is 1.92. The van der Waals surface area contributed by atoms with Gasteiger partial charge in [0.15, 0.2) is 5.03 Å². The zero-order valence-electron chi connectivity index (χ0n) is 9.29. The lowest BCUT2D eigenvalue weighted by Crippen LogP contribution is -2.10. The smallest absolute Gasteiger partial charge is 0.280 e. The van der Waals surface area contributed by atoms with Gasteiger partial charge in [0.1, 0.15) is 6.26 Å². The van der Waals surface area contributed by atoms with Crippen molar-refractivity contribution in [3.63, 3.8) is 0 Å². The quantitative estimate of drug-likeness (QED) is 0.730. The number of rotatable bonds is 3. The summed E-state index contributed by atoms with van der Waals surface area (Å²) < 4.78 is 4.73. The van der Waals surface area contributed by atoms with Crippen LogP contribution in [-0.4, -0.2) is 15.1 Å². The summed E-state index contributed by atoms with van der Waals surface area (Å²) in [6.45, 7) is 0. The number of H-pyrrole nitrogens is 1. The summed E-state index contributed by atoms with van der Waals surface area (Å²) in [5, 5.41) is 4.23. The number of para-hydroxylation sites is 2. The maximum absolute atomic E-state index is 11.8. The summed E-state index contributed by atoms with van der Waals surface area (Å²) >= 11 is 1.34. The molecule has 0 saturated carbocycles. The van der Waals surface area contributed by atoms with E-state index < -0.39 is 0 Å². The molecular weight excluding hydrogens is 250 g/mol. The summed E-state index contributed by atoms with van der Waals surface area (Å²) in [7, 11) is 0. The van der Waals surface area contributed by atoms with Crippen LogP contribution in [0, 0.1) is 0 Å². The number of aromatic nitrogens is 3. The predicted molar refractivity (Wildman–Crippen MR) is 68.4 cm³/mol. The topological polar surface area (TPSA) is 71.8 Å². The van der Waals surface area contributed by atoms with Gasteiger partial charge in [0.2, 0.25) is 0 Å².